The Morgan fingerprint density at radius 3 is 2.60 bits per heavy atom. The highest BCUT2D eigenvalue weighted by atomic mass is 28.3. The SMILES string of the molecule is C#CCOC(C)c1ccc([Si](C)(C)C)o1. The molecule has 0 spiro atoms. The maximum absolute atomic E-state index is 5.78. The molecule has 2 nitrogen and oxygen atoms in total. The first-order valence-corrected chi connectivity index (χ1v) is 8.60. The number of hydrogen-bond donors (Lipinski definition) is 0. The van der Waals surface area contributed by atoms with E-state index >= 15 is 0 Å². The van der Waals surface area contributed by atoms with Gasteiger partial charge < -0.3 is 9.15 Å². The lowest BCUT2D eigenvalue weighted by Crippen LogP contribution is -2.36. The van der Waals surface area contributed by atoms with Crippen molar-refractivity contribution in [2.75, 3.05) is 6.61 Å². The Morgan fingerprint density at radius 1 is 1.47 bits per heavy atom. The fraction of sp³-hybridized carbons (Fsp3) is 0.500. The van der Waals surface area contributed by atoms with Crippen LogP contribution in [0.3, 0.4) is 0 Å². The standard InChI is InChI=1S/C12H18O2Si/c1-6-9-13-10(2)11-7-8-12(14-11)15(3,4)5/h1,7-8,10H,9H2,2-5H3. The minimum absolute atomic E-state index is 0.0638. The van der Waals surface area contributed by atoms with Gasteiger partial charge in [-0.05, 0) is 19.1 Å². The van der Waals surface area contributed by atoms with Crippen LogP contribution in [-0.2, 0) is 4.74 Å². The monoisotopic (exact) mass is 222 g/mol. The number of hydrogen-bond acceptors (Lipinski definition) is 2. The van der Waals surface area contributed by atoms with Crippen molar-refractivity contribution >= 4 is 13.5 Å². The van der Waals surface area contributed by atoms with E-state index < -0.39 is 8.07 Å². The van der Waals surface area contributed by atoms with Crippen LogP contribution in [0.15, 0.2) is 16.5 Å². The first kappa shape index (κ1) is 12.1. The van der Waals surface area contributed by atoms with Crippen LogP contribution < -0.4 is 5.38 Å². The third-order valence-corrected chi connectivity index (χ3v) is 3.93. The van der Waals surface area contributed by atoms with Crippen molar-refractivity contribution in [2.24, 2.45) is 0 Å². The smallest absolute Gasteiger partial charge is 0.132 e. The number of terminal acetylenes is 1. The van der Waals surface area contributed by atoms with Crippen LogP contribution >= 0.6 is 0 Å². The lowest BCUT2D eigenvalue weighted by Gasteiger charge is -2.12. The third-order valence-electron chi connectivity index (χ3n) is 2.18. The molecule has 0 aromatic carbocycles. The minimum atomic E-state index is -1.35. The van der Waals surface area contributed by atoms with Gasteiger partial charge in [0.15, 0.2) is 0 Å². The molecule has 0 radical (unpaired) electrons. The highest BCUT2D eigenvalue weighted by Crippen LogP contribution is 2.17. The normalized spacial score (nSPS) is 13.5. The first-order valence-electron chi connectivity index (χ1n) is 5.10. The zero-order valence-electron chi connectivity index (χ0n) is 9.83. The van der Waals surface area contributed by atoms with Gasteiger partial charge in [-0.25, -0.2) is 0 Å². The second-order valence-electron chi connectivity index (χ2n) is 4.61. The van der Waals surface area contributed by atoms with Gasteiger partial charge in [-0.1, -0.05) is 25.6 Å². The molecule has 1 heterocycles. The summed E-state index contributed by atoms with van der Waals surface area (Å²) >= 11 is 0. The molecule has 0 aliphatic heterocycles. The van der Waals surface area contributed by atoms with Gasteiger partial charge in [0.2, 0.25) is 0 Å². The molecule has 1 aromatic heterocycles. The van der Waals surface area contributed by atoms with Gasteiger partial charge in [-0.3, -0.25) is 0 Å². The molecule has 0 aliphatic rings. The average molecular weight is 222 g/mol. The molecule has 1 rings (SSSR count). The van der Waals surface area contributed by atoms with Gasteiger partial charge >= 0.3 is 0 Å². The zero-order valence-corrected chi connectivity index (χ0v) is 10.8. The third kappa shape index (κ3) is 3.26. The van der Waals surface area contributed by atoms with Crippen LogP contribution in [0.2, 0.25) is 19.6 Å². The molecular weight excluding hydrogens is 204 g/mol. The summed E-state index contributed by atoms with van der Waals surface area (Å²) < 4.78 is 11.2. The Balaban J connectivity index is 2.72. The first-order chi connectivity index (χ1) is 6.95. The van der Waals surface area contributed by atoms with Gasteiger partial charge in [0.05, 0.1) is 5.38 Å². The summed E-state index contributed by atoms with van der Waals surface area (Å²) in [5.41, 5.74) is 0. The summed E-state index contributed by atoms with van der Waals surface area (Å²) in [6, 6.07) is 4.03. The molecule has 0 bridgehead atoms. The second-order valence-corrected chi connectivity index (χ2v) is 9.60. The fourth-order valence-corrected chi connectivity index (χ4v) is 2.24. The predicted octanol–water partition coefficient (Wildman–Crippen LogP) is 2.54. The van der Waals surface area contributed by atoms with Crippen LogP contribution in [0.4, 0.5) is 0 Å². The summed E-state index contributed by atoms with van der Waals surface area (Å²) in [7, 11) is -1.35. The van der Waals surface area contributed by atoms with Crippen molar-refractivity contribution in [2.45, 2.75) is 32.7 Å². The molecule has 15 heavy (non-hydrogen) atoms. The Bertz CT molecular complexity index is 354. The van der Waals surface area contributed by atoms with Crippen LogP contribution in [-0.4, -0.2) is 14.7 Å². The summed E-state index contributed by atoms with van der Waals surface area (Å²) in [6.45, 7) is 9.03. The predicted molar refractivity (Wildman–Crippen MR) is 64.9 cm³/mol. The van der Waals surface area contributed by atoms with E-state index in [9.17, 15) is 0 Å². The van der Waals surface area contributed by atoms with Gasteiger partial charge in [0.1, 0.15) is 26.5 Å². The van der Waals surface area contributed by atoms with Crippen LogP contribution in [0.5, 0.6) is 0 Å². The van der Waals surface area contributed by atoms with Crippen molar-refractivity contribution in [3.8, 4) is 12.3 Å². The largest absolute Gasteiger partial charge is 0.468 e. The van der Waals surface area contributed by atoms with E-state index in [1.54, 1.807) is 0 Å². The van der Waals surface area contributed by atoms with E-state index in [1.807, 2.05) is 13.0 Å². The maximum Gasteiger partial charge on any atom is 0.132 e. The summed E-state index contributed by atoms with van der Waals surface area (Å²) in [5, 5.41) is 1.11. The molecule has 0 N–H and O–H groups in total. The Morgan fingerprint density at radius 2 is 2.13 bits per heavy atom. The molecule has 0 saturated heterocycles. The van der Waals surface area contributed by atoms with Crippen molar-refractivity contribution in [1.82, 2.24) is 0 Å². The molecule has 0 fully saturated rings. The van der Waals surface area contributed by atoms with Gasteiger partial charge in [-0.2, -0.15) is 0 Å². The van der Waals surface area contributed by atoms with E-state index in [-0.39, 0.29) is 6.10 Å². The van der Waals surface area contributed by atoms with E-state index in [0.717, 1.165) is 11.1 Å². The molecule has 0 saturated carbocycles. The zero-order chi connectivity index (χ0) is 11.5. The molecule has 1 aromatic rings. The number of furan rings is 1. The Labute approximate surface area is 92.6 Å². The van der Waals surface area contributed by atoms with Gasteiger partial charge in [-0.15, -0.1) is 6.42 Å². The van der Waals surface area contributed by atoms with Crippen LogP contribution in [0, 0.1) is 12.3 Å². The number of ether oxygens (including phenoxy) is 1. The fourth-order valence-electron chi connectivity index (χ4n) is 1.23. The summed E-state index contributed by atoms with van der Waals surface area (Å²) in [4.78, 5) is 0. The summed E-state index contributed by atoms with van der Waals surface area (Å²) in [6.07, 6.45) is 5.07. The molecular formula is C12H18O2Si. The molecule has 0 amide bonds. The molecule has 1 unspecified atom stereocenters. The minimum Gasteiger partial charge on any atom is -0.468 e. The lowest BCUT2D eigenvalue weighted by atomic mass is 10.3. The van der Waals surface area contributed by atoms with Crippen LogP contribution in [0.1, 0.15) is 18.8 Å². The topological polar surface area (TPSA) is 22.4 Å². The Kier molecular flexibility index (Phi) is 3.78. The molecule has 0 aliphatic carbocycles. The Hall–Kier alpha value is -0.983. The maximum atomic E-state index is 5.78. The quantitative estimate of drug-likeness (QED) is 0.577. The van der Waals surface area contributed by atoms with E-state index in [1.165, 1.54) is 0 Å². The van der Waals surface area contributed by atoms with Crippen molar-refractivity contribution in [3.05, 3.63) is 17.9 Å². The van der Waals surface area contributed by atoms with Crippen molar-refractivity contribution in [1.29, 1.82) is 0 Å². The van der Waals surface area contributed by atoms with E-state index in [2.05, 4.69) is 31.6 Å². The average Bonchev–Trinajstić information content (AvgIpc) is 2.62. The summed E-state index contributed by atoms with van der Waals surface area (Å²) in [5.74, 6) is 3.31. The van der Waals surface area contributed by atoms with Gasteiger partial charge in [0, 0.05) is 0 Å². The molecule has 1 atom stereocenters. The second kappa shape index (κ2) is 4.69. The lowest BCUT2D eigenvalue weighted by molar-refractivity contribution is 0.0761. The van der Waals surface area contributed by atoms with E-state index in [4.69, 9.17) is 15.6 Å². The highest BCUT2D eigenvalue weighted by molar-refractivity contribution is 6.87. The molecule has 3 heteroatoms. The highest BCUT2D eigenvalue weighted by Gasteiger charge is 2.22. The van der Waals surface area contributed by atoms with E-state index in [0.29, 0.717) is 6.61 Å². The van der Waals surface area contributed by atoms with Crippen molar-refractivity contribution < 1.29 is 9.15 Å². The van der Waals surface area contributed by atoms with Gasteiger partial charge in [0.25, 0.3) is 0 Å². The van der Waals surface area contributed by atoms with Crippen molar-refractivity contribution in [3.63, 3.8) is 0 Å². The molecule has 82 valence electrons. The number of rotatable bonds is 4. The van der Waals surface area contributed by atoms with Crippen LogP contribution in [0.25, 0.3) is 0 Å².